The maximum absolute atomic E-state index is 12.7. The zero-order valence-electron chi connectivity index (χ0n) is 39.7. The summed E-state index contributed by atoms with van der Waals surface area (Å²) in [6.07, 6.45) is 51.6. The highest BCUT2D eigenvalue weighted by Gasteiger charge is 2.31. The summed E-state index contributed by atoms with van der Waals surface area (Å²) in [5, 5.41) is 9.64. The van der Waals surface area contributed by atoms with E-state index in [9.17, 15) is 19.5 Å². The van der Waals surface area contributed by atoms with Gasteiger partial charge < -0.3 is 23.8 Å². The number of hydrogen-bond donors (Lipinski definition) is 1. The van der Waals surface area contributed by atoms with E-state index in [2.05, 4.69) is 62.5 Å². The van der Waals surface area contributed by atoms with E-state index in [0.29, 0.717) is 19.3 Å². The molecule has 0 spiro atoms. The Balaban J connectivity index is 4.28. The third-order valence-electron chi connectivity index (χ3n) is 11.0. The number of unbranched alkanes of at least 4 members (excludes halogenated alkanes) is 22. The van der Waals surface area contributed by atoms with Crippen LogP contribution in [-0.4, -0.2) is 80.6 Å². The van der Waals surface area contributed by atoms with Crippen LogP contribution in [0.2, 0.25) is 0 Å². The van der Waals surface area contributed by atoms with Crippen molar-refractivity contribution in [2.45, 2.75) is 225 Å². The molecule has 0 rings (SSSR count). The van der Waals surface area contributed by atoms with E-state index in [0.717, 1.165) is 70.6 Å². The van der Waals surface area contributed by atoms with Crippen LogP contribution in [0.4, 0.5) is 0 Å². The molecule has 0 fully saturated rings. The van der Waals surface area contributed by atoms with Gasteiger partial charge in [0.25, 0.3) is 0 Å². The smallest absolute Gasteiger partial charge is 0.362 e. The summed E-state index contributed by atoms with van der Waals surface area (Å²) in [6, 6.07) is -0.621. The summed E-state index contributed by atoms with van der Waals surface area (Å²) in [4.78, 5) is 37.1. The maximum Gasteiger partial charge on any atom is 0.362 e. The van der Waals surface area contributed by atoms with Crippen molar-refractivity contribution in [1.82, 2.24) is 0 Å². The number of rotatable bonds is 44. The number of quaternary nitrogens is 1. The minimum Gasteiger partial charge on any atom is -0.477 e. The fraction of sp³-hybridized carbons (Fsp3) is 0.788. The second-order valence-corrected chi connectivity index (χ2v) is 17.7. The number of carbonyl (C=O) groups is 3. The van der Waals surface area contributed by atoms with Crippen molar-refractivity contribution < 1.29 is 38.2 Å². The lowest BCUT2D eigenvalue weighted by atomic mass is 10.0. The predicted molar refractivity (Wildman–Crippen MR) is 252 cm³/mol. The second kappa shape index (κ2) is 43.0. The summed E-state index contributed by atoms with van der Waals surface area (Å²) < 4.78 is 17.3. The largest absolute Gasteiger partial charge is 0.477 e. The van der Waals surface area contributed by atoms with Gasteiger partial charge in [-0.05, 0) is 51.4 Å². The highest BCUT2D eigenvalue weighted by atomic mass is 16.6. The van der Waals surface area contributed by atoms with Gasteiger partial charge in [0, 0.05) is 19.3 Å². The number of likely N-dealkylation sites (N-methyl/N-ethyl adjacent to an activating group) is 1. The van der Waals surface area contributed by atoms with Crippen molar-refractivity contribution in [1.29, 1.82) is 0 Å². The van der Waals surface area contributed by atoms with E-state index in [1.165, 1.54) is 109 Å². The molecule has 0 aliphatic heterocycles. The number of hydrogen-bond acceptors (Lipinski definition) is 6. The number of ether oxygens (including phenoxy) is 3. The molecule has 2 atom stereocenters. The number of carboxylic acid groups (broad SMARTS) is 1. The average molecular weight is 845 g/mol. The first kappa shape index (κ1) is 57.3. The number of allylic oxidation sites excluding steroid dienone is 8. The van der Waals surface area contributed by atoms with Gasteiger partial charge in [-0.25, -0.2) is 4.79 Å². The van der Waals surface area contributed by atoms with Crippen LogP contribution < -0.4 is 0 Å². The molecule has 0 bridgehead atoms. The number of nitrogens with zero attached hydrogens (tertiary/aromatic N) is 1. The summed E-state index contributed by atoms with van der Waals surface area (Å²) >= 11 is 0. The van der Waals surface area contributed by atoms with Crippen LogP contribution in [0.15, 0.2) is 48.6 Å². The Hall–Kier alpha value is -2.71. The van der Waals surface area contributed by atoms with E-state index in [1.54, 1.807) is 0 Å². The first-order valence-corrected chi connectivity index (χ1v) is 24.7. The molecule has 0 aliphatic carbocycles. The van der Waals surface area contributed by atoms with Gasteiger partial charge in [0.05, 0.1) is 34.4 Å². The summed E-state index contributed by atoms with van der Waals surface area (Å²) in [6.45, 7) is 4.61. The Kier molecular flexibility index (Phi) is 41.0. The third-order valence-corrected chi connectivity index (χ3v) is 11.0. The van der Waals surface area contributed by atoms with Crippen LogP contribution in [0.25, 0.3) is 0 Å². The summed E-state index contributed by atoms with van der Waals surface area (Å²) in [7, 11) is 5.52. The number of esters is 2. The SMILES string of the molecule is CC/C=C/C/C=C/C/C=C/C/C=C/CCCCCC(=O)OC(COCCC(C(=O)O)[N+](C)(C)C)COC(=O)CCCCCCCCCCCCCCCCCCCCCC. The fourth-order valence-electron chi connectivity index (χ4n) is 7.20. The molecule has 0 aromatic rings. The minimum atomic E-state index is -0.880. The Bertz CT molecular complexity index is 1120. The van der Waals surface area contributed by atoms with Crippen molar-refractivity contribution in [3.63, 3.8) is 0 Å². The van der Waals surface area contributed by atoms with Gasteiger partial charge in [-0.3, -0.25) is 9.59 Å². The van der Waals surface area contributed by atoms with Gasteiger partial charge >= 0.3 is 17.9 Å². The molecule has 0 aliphatic rings. The molecule has 8 heteroatoms. The van der Waals surface area contributed by atoms with Crippen molar-refractivity contribution in [3.8, 4) is 0 Å². The molecule has 0 heterocycles. The molecule has 0 amide bonds. The lowest BCUT2D eigenvalue weighted by Gasteiger charge is -2.31. The first-order chi connectivity index (χ1) is 29.1. The van der Waals surface area contributed by atoms with Gasteiger partial charge in [0.1, 0.15) is 6.61 Å². The van der Waals surface area contributed by atoms with Gasteiger partial charge in [0.15, 0.2) is 12.1 Å². The van der Waals surface area contributed by atoms with Gasteiger partial charge in [0.2, 0.25) is 0 Å². The van der Waals surface area contributed by atoms with E-state index in [1.807, 2.05) is 21.1 Å². The predicted octanol–water partition coefficient (Wildman–Crippen LogP) is 14.0. The van der Waals surface area contributed by atoms with Crippen molar-refractivity contribution in [2.75, 3.05) is 41.0 Å². The average Bonchev–Trinajstić information content (AvgIpc) is 3.21. The van der Waals surface area contributed by atoms with E-state index in [-0.39, 0.29) is 36.2 Å². The van der Waals surface area contributed by atoms with Crippen LogP contribution >= 0.6 is 0 Å². The first-order valence-electron chi connectivity index (χ1n) is 24.7. The highest BCUT2D eigenvalue weighted by molar-refractivity contribution is 5.72. The van der Waals surface area contributed by atoms with E-state index < -0.39 is 18.1 Å². The van der Waals surface area contributed by atoms with Crippen LogP contribution in [0.1, 0.15) is 213 Å². The molecule has 0 aromatic carbocycles. The molecule has 0 aromatic heterocycles. The molecular formula is C52H94NO7+. The number of carbonyl (C=O) groups excluding carboxylic acids is 2. The topological polar surface area (TPSA) is 99.1 Å². The Morgan fingerprint density at radius 2 is 0.933 bits per heavy atom. The van der Waals surface area contributed by atoms with Crippen LogP contribution in [-0.2, 0) is 28.6 Å². The molecule has 0 saturated carbocycles. The van der Waals surface area contributed by atoms with Crippen molar-refractivity contribution in [3.05, 3.63) is 48.6 Å². The second-order valence-electron chi connectivity index (χ2n) is 17.7. The van der Waals surface area contributed by atoms with Gasteiger partial charge in [-0.15, -0.1) is 0 Å². The minimum absolute atomic E-state index is 0.0492. The molecule has 60 heavy (non-hydrogen) atoms. The Morgan fingerprint density at radius 3 is 1.38 bits per heavy atom. The summed E-state index contributed by atoms with van der Waals surface area (Å²) in [5.74, 6) is -1.50. The van der Waals surface area contributed by atoms with E-state index in [4.69, 9.17) is 14.2 Å². The van der Waals surface area contributed by atoms with E-state index >= 15 is 0 Å². The zero-order chi connectivity index (χ0) is 44.2. The standard InChI is InChI=1S/C52H93NO7/c1-6-8-10-12-14-16-18-20-22-24-25-26-27-29-30-32-34-36-38-40-42-50(54)59-47-48(46-58-45-44-49(52(56)57)53(3,4)5)60-51(55)43-41-39-37-35-33-31-28-23-21-19-17-15-13-11-9-7-2/h9,11,15,17,21,23,31,33,48-49H,6-8,10,12-14,16,18-20,22,24-30,32,34-47H2,1-5H3/p+1/b11-9+,17-15+,23-21+,33-31+. The number of carboxylic acids is 1. The molecule has 1 N–H and O–H groups in total. The van der Waals surface area contributed by atoms with Crippen molar-refractivity contribution >= 4 is 17.9 Å². The Labute approximate surface area is 369 Å². The third kappa shape index (κ3) is 40.7. The molecular weight excluding hydrogens is 751 g/mol. The van der Waals surface area contributed by atoms with Crippen LogP contribution in [0, 0.1) is 0 Å². The van der Waals surface area contributed by atoms with Crippen molar-refractivity contribution in [2.24, 2.45) is 0 Å². The molecule has 0 radical (unpaired) electrons. The lowest BCUT2D eigenvalue weighted by molar-refractivity contribution is -0.887. The summed E-state index contributed by atoms with van der Waals surface area (Å²) in [5.41, 5.74) is 0. The quantitative estimate of drug-likeness (QED) is 0.0282. The molecule has 0 saturated heterocycles. The number of aliphatic carboxylic acids is 1. The monoisotopic (exact) mass is 845 g/mol. The van der Waals surface area contributed by atoms with Crippen LogP contribution in [0.3, 0.4) is 0 Å². The highest BCUT2D eigenvalue weighted by Crippen LogP contribution is 2.16. The maximum atomic E-state index is 12.7. The molecule has 8 nitrogen and oxygen atoms in total. The van der Waals surface area contributed by atoms with Crippen LogP contribution in [0.5, 0.6) is 0 Å². The molecule has 348 valence electrons. The lowest BCUT2D eigenvalue weighted by Crippen LogP contribution is -2.50. The zero-order valence-corrected chi connectivity index (χ0v) is 39.7. The fourth-order valence-corrected chi connectivity index (χ4v) is 7.20. The van der Waals surface area contributed by atoms with Gasteiger partial charge in [-0.1, -0.05) is 191 Å². The Morgan fingerprint density at radius 1 is 0.517 bits per heavy atom. The van der Waals surface area contributed by atoms with Gasteiger partial charge in [-0.2, -0.15) is 0 Å². The molecule has 2 unspecified atom stereocenters. The normalized spacial score (nSPS) is 13.3.